The SMILES string of the molecule is CNC(C)(CCCOc1c(Br)cccc1[N+](=O)[O-])C(N)=O. The Bertz CT molecular complexity index is 538. The van der Waals surface area contributed by atoms with Crippen molar-refractivity contribution in [3.63, 3.8) is 0 Å². The van der Waals surface area contributed by atoms with Crippen molar-refractivity contribution in [3.05, 3.63) is 32.8 Å². The van der Waals surface area contributed by atoms with Crippen LogP contribution in [0.1, 0.15) is 19.8 Å². The number of carbonyl (C=O) groups excluding carboxylic acids is 1. The maximum absolute atomic E-state index is 11.3. The molecule has 7 nitrogen and oxygen atoms in total. The van der Waals surface area contributed by atoms with Crippen LogP contribution in [0.25, 0.3) is 0 Å². The first-order valence-corrected chi connectivity index (χ1v) is 7.15. The lowest BCUT2D eigenvalue weighted by molar-refractivity contribution is -0.386. The van der Waals surface area contributed by atoms with Gasteiger partial charge in [0, 0.05) is 6.07 Å². The predicted octanol–water partition coefficient (Wildman–Crippen LogP) is 1.98. The molecule has 1 rings (SSSR count). The molecular weight excluding hydrogens is 342 g/mol. The molecule has 0 saturated heterocycles. The van der Waals surface area contributed by atoms with Crippen molar-refractivity contribution in [1.82, 2.24) is 5.32 Å². The molecule has 8 heteroatoms. The summed E-state index contributed by atoms with van der Waals surface area (Å²) in [5, 5.41) is 13.8. The number of hydrogen-bond donors (Lipinski definition) is 2. The molecule has 0 fully saturated rings. The predicted molar refractivity (Wildman–Crippen MR) is 82.2 cm³/mol. The maximum atomic E-state index is 11.3. The zero-order valence-electron chi connectivity index (χ0n) is 11.9. The van der Waals surface area contributed by atoms with Gasteiger partial charge in [-0.15, -0.1) is 0 Å². The number of benzene rings is 1. The number of nitro groups is 1. The van der Waals surface area contributed by atoms with Crippen molar-refractivity contribution in [3.8, 4) is 5.75 Å². The summed E-state index contributed by atoms with van der Waals surface area (Å²) in [5.41, 5.74) is 4.41. The largest absolute Gasteiger partial charge is 0.486 e. The van der Waals surface area contributed by atoms with E-state index in [1.807, 2.05) is 0 Å². The zero-order valence-corrected chi connectivity index (χ0v) is 13.5. The number of amides is 1. The van der Waals surface area contributed by atoms with E-state index in [-0.39, 0.29) is 18.0 Å². The fraction of sp³-hybridized carbons (Fsp3) is 0.462. The number of ether oxygens (including phenoxy) is 1. The Balaban J connectivity index is 2.65. The van der Waals surface area contributed by atoms with Crippen LogP contribution in [0.5, 0.6) is 5.75 Å². The van der Waals surface area contributed by atoms with Crippen LogP contribution >= 0.6 is 15.9 Å². The highest BCUT2D eigenvalue weighted by Crippen LogP contribution is 2.34. The Kier molecular flexibility index (Phi) is 6.10. The first-order valence-electron chi connectivity index (χ1n) is 6.36. The summed E-state index contributed by atoms with van der Waals surface area (Å²) in [6, 6.07) is 4.62. The van der Waals surface area contributed by atoms with Gasteiger partial charge in [0.1, 0.15) is 0 Å². The Labute approximate surface area is 131 Å². The van der Waals surface area contributed by atoms with E-state index >= 15 is 0 Å². The third-order valence-corrected chi connectivity index (χ3v) is 3.93. The van der Waals surface area contributed by atoms with E-state index in [0.29, 0.717) is 17.3 Å². The number of hydrogen-bond acceptors (Lipinski definition) is 5. The summed E-state index contributed by atoms with van der Waals surface area (Å²) in [6.45, 7) is 1.95. The van der Waals surface area contributed by atoms with Crippen LogP contribution < -0.4 is 15.8 Å². The van der Waals surface area contributed by atoms with E-state index in [4.69, 9.17) is 10.5 Å². The first kappa shape index (κ1) is 17.4. The highest BCUT2D eigenvalue weighted by molar-refractivity contribution is 9.10. The summed E-state index contributed by atoms with van der Waals surface area (Å²) in [4.78, 5) is 21.8. The molecule has 21 heavy (non-hydrogen) atoms. The normalized spacial score (nSPS) is 13.5. The number of halogens is 1. The molecule has 3 N–H and O–H groups in total. The number of primary amides is 1. The van der Waals surface area contributed by atoms with Gasteiger partial charge in [-0.05, 0) is 48.8 Å². The molecule has 1 atom stereocenters. The number of rotatable bonds is 8. The molecule has 0 aliphatic rings. The van der Waals surface area contributed by atoms with Gasteiger partial charge >= 0.3 is 5.69 Å². The number of nitrogens with one attached hydrogen (secondary N) is 1. The first-order chi connectivity index (χ1) is 9.81. The van der Waals surface area contributed by atoms with E-state index in [1.54, 1.807) is 26.1 Å². The fourth-order valence-corrected chi connectivity index (χ4v) is 2.23. The Morgan fingerprint density at radius 1 is 1.57 bits per heavy atom. The number of carbonyl (C=O) groups is 1. The molecule has 0 bridgehead atoms. The van der Waals surface area contributed by atoms with Gasteiger partial charge in [-0.25, -0.2) is 0 Å². The second-order valence-electron chi connectivity index (χ2n) is 4.74. The Morgan fingerprint density at radius 2 is 2.24 bits per heavy atom. The van der Waals surface area contributed by atoms with E-state index in [9.17, 15) is 14.9 Å². The molecule has 0 spiro atoms. The summed E-state index contributed by atoms with van der Waals surface area (Å²) >= 11 is 3.23. The molecule has 0 aliphatic carbocycles. The van der Waals surface area contributed by atoms with Crippen molar-refractivity contribution >= 4 is 27.5 Å². The van der Waals surface area contributed by atoms with E-state index in [0.717, 1.165) is 0 Å². The van der Waals surface area contributed by atoms with Gasteiger partial charge in [0.2, 0.25) is 11.7 Å². The van der Waals surface area contributed by atoms with Crippen LogP contribution in [0, 0.1) is 10.1 Å². The average Bonchev–Trinajstić information content (AvgIpc) is 2.43. The van der Waals surface area contributed by atoms with Crippen molar-refractivity contribution in [1.29, 1.82) is 0 Å². The van der Waals surface area contributed by atoms with Crippen LogP contribution in [-0.2, 0) is 4.79 Å². The molecule has 1 amide bonds. The molecular formula is C13H18BrN3O4. The van der Waals surface area contributed by atoms with Crippen LogP contribution in [0.2, 0.25) is 0 Å². The van der Waals surface area contributed by atoms with Gasteiger partial charge in [-0.2, -0.15) is 0 Å². The van der Waals surface area contributed by atoms with Crippen LogP contribution in [0.15, 0.2) is 22.7 Å². The quantitative estimate of drug-likeness (QED) is 0.419. The van der Waals surface area contributed by atoms with Gasteiger partial charge in [0.05, 0.1) is 21.5 Å². The minimum atomic E-state index is -0.816. The molecule has 116 valence electrons. The molecule has 1 aromatic rings. The Hall–Kier alpha value is -1.67. The van der Waals surface area contributed by atoms with Gasteiger partial charge in [-0.3, -0.25) is 14.9 Å². The number of nitrogens with zero attached hydrogens (tertiary/aromatic N) is 1. The second kappa shape index (κ2) is 7.37. The van der Waals surface area contributed by atoms with Crippen LogP contribution in [-0.4, -0.2) is 30.0 Å². The molecule has 0 heterocycles. The molecule has 0 aromatic heterocycles. The maximum Gasteiger partial charge on any atom is 0.312 e. The van der Waals surface area contributed by atoms with Crippen molar-refractivity contribution in [2.24, 2.45) is 5.73 Å². The fourth-order valence-electron chi connectivity index (χ4n) is 1.76. The minimum Gasteiger partial charge on any atom is -0.486 e. The lowest BCUT2D eigenvalue weighted by Crippen LogP contribution is -2.51. The Morgan fingerprint density at radius 3 is 2.76 bits per heavy atom. The standard InChI is InChI=1S/C13H18BrN3O4/c1-13(16-2,12(15)18)7-4-8-21-11-9(14)5-3-6-10(11)17(19)20/h3,5-6,16H,4,7-8H2,1-2H3,(H2,15,18). The van der Waals surface area contributed by atoms with Gasteiger partial charge in [0.25, 0.3) is 0 Å². The van der Waals surface area contributed by atoms with Gasteiger partial charge in [0.15, 0.2) is 0 Å². The average molecular weight is 360 g/mol. The van der Waals surface area contributed by atoms with E-state index in [2.05, 4.69) is 21.2 Å². The smallest absolute Gasteiger partial charge is 0.312 e. The summed E-state index contributed by atoms with van der Waals surface area (Å²) in [6.07, 6.45) is 0.996. The molecule has 1 unspecified atom stereocenters. The van der Waals surface area contributed by atoms with Crippen molar-refractivity contribution in [2.75, 3.05) is 13.7 Å². The third-order valence-electron chi connectivity index (χ3n) is 3.31. The van der Waals surface area contributed by atoms with Crippen LogP contribution in [0.3, 0.4) is 0 Å². The number of para-hydroxylation sites is 1. The summed E-state index contributed by atoms with van der Waals surface area (Å²) in [5.74, 6) is -0.260. The van der Waals surface area contributed by atoms with E-state index < -0.39 is 16.4 Å². The minimum absolute atomic E-state index is 0.101. The summed E-state index contributed by atoms with van der Waals surface area (Å²) in [7, 11) is 1.66. The molecule has 0 aliphatic heterocycles. The van der Waals surface area contributed by atoms with Gasteiger partial charge < -0.3 is 15.8 Å². The summed E-state index contributed by atoms with van der Waals surface area (Å²) < 4.78 is 6.00. The zero-order chi connectivity index (χ0) is 16.0. The highest BCUT2D eigenvalue weighted by Gasteiger charge is 2.28. The van der Waals surface area contributed by atoms with Crippen molar-refractivity contribution in [2.45, 2.75) is 25.3 Å². The lowest BCUT2D eigenvalue weighted by atomic mass is 9.95. The molecule has 0 saturated carbocycles. The third kappa shape index (κ3) is 4.40. The topological polar surface area (TPSA) is 107 Å². The van der Waals surface area contributed by atoms with Crippen LogP contribution in [0.4, 0.5) is 5.69 Å². The monoisotopic (exact) mass is 359 g/mol. The van der Waals surface area contributed by atoms with E-state index in [1.165, 1.54) is 6.07 Å². The number of nitro benzene ring substituents is 1. The number of likely N-dealkylation sites (N-methyl/N-ethyl adjacent to an activating group) is 1. The van der Waals surface area contributed by atoms with Crippen molar-refractivity contribution < 1.29 is 14.5 Å². The lowest BCUT2D eigenvalue weighted by Gasteiger charge is -2.25. The van der Waals surface area contributed by atoms with Gasteiger partial charge in [-0.1, -0.05) is 6.07 Å². The molecule has 1 aromatic carbocycles. The second-order valence-corrected chi connectivity index (χ2v) is 5.60. The highest BCUT2D eigenvalue weighted by atomic mass is 79.9. The molecule has 0 radical (unpaired) electrons. The number of nitrogens with two attached hydrogens (primary N) is 1.